The molecule has 0 aliphatic carbocycles. The van der Waals surface area contributed by atoms with E-state index >= 15 is 0 Å². The molecule has 0 radical (unpaired) electrons. The minimum absolute atomic E-state index is 0.0289. The predicted molar refractivity (Wildman–Crippen MR) is 35.6 cm³/mol. The van der Waals surface area contributed by atoms with Crippen LogP contribution in [0.5, 0.6) is 0 Å². The highest BCUT2D eigenvalue weighted by molar-refractivity contribution is 5.93. The van der Waals surface area contributed by atoms with E-state index in [0.717, 1.165) is 0 Å². The van der Waals surface area contributed by atoms with E-state index in [-0.39, 0.29) is 22.9 Å². The molecule has 0 bridgehead atoms. The highest BCUT2D eigenvalue weighted by atomic mass is 16.6. The average molecular weight is 170 g/mol. The first-order valence-corrected chi connectivity index (χ1v) is 3.18. The number of hydrogen-bond acceptors (Lipinski definition) is 6. The second-order valence-electron chi connectivity index (χ2n) is 2.39. The van der Waals surface area contributed by atoms with Gasteiger partial charge in [0.1, 0.15) is 5.70 Å². The molecule has 0 saturated carbocycles. The second kappa shape index (κ2) is 1.92. The van der Waals surface area contributed by atoms with Crippen LogP contribution in [0.25, 0.3) is 0 Å². The quantitative estimate of drug-likeness (QED) is 0.371. The Balaban J connectivity index is 2.52. The summed E-state index contributed by atoms with van der Waals surface area (Å²) in [4.78, 5) is 10.8. The van der Waals surface area contributed by atoms with Gasteiger partial charge < -0.3 is 26.0 Å². The Kier molecular flexibility index (Phi) is 1.12. The number of carbonyl (C=O) groups is 1. The van der Waals surface area contributed by atoms with Crippen molar-refractivity contribution in [2.75, 3.05) is 0 Å². The zero-order chi connectivity index (χ0) is 8.88. The van der Waals surface area contributed by atoms with Crippen molar-refractivity contribution in [2.45, 2.75) is 6.29 Å². The summed E-state index contributed by atoms with van der Waals surface area (Å²) in [5.41, 5.74) is 10.4. The van der Waals surface area contributed by atoms with E-state index in [0.29, 0.717) is 0 Å². The number of ether oxygens (including phenoxy) is 2. The van der Waals surface area contributed by atoms with Crippen molar-refractivity contribution in [2.24, 2.45) is 11.5 Å². The van der Waals surface area contributed by atoms with E-state index in [1.165, 1.54) is 0 Å². The Bertz CT molecular complexity index is 330. The van der Waals surface area contributed by atoms with Crippen molar-refractivity contribution >= 4 is 5.97 Å². The monoisotopic (exact) mass is 170 g/mol. The third-order valence-electron chi connectivity index (χ3n) is 1.62. The molecule has 2 rings (SSSR count). The lowest BCUT2D eigenvalue weighted by Gasteiger charge is -2.03. The van der Waals surface area contributed by atoms with Crippen LogP contribution in [0.1, 0.15) is 0 Å². The van der Waals surface area contributed by atoms with Crippen molar-refractivity contribution in [1.82, 2.24) is 0 Å². The van der Waals surface area contributed by atoms with Crippen LogP contribution in [0.4, 0.5) is 0 Å². The van der Waals surface area contributed by atoms with Crippen molar-refractivity contribution in [3.8, 4) is 0 Å². The molecule has 1 unspecified atom stereocenters. The molecule has 0 aromatic rings. The van der Waals surface area contributed by atoms with E-state index in [2.05, 4.69) is 4.74 Å². The lowest BCUT2D eigenvalue weighted by atomic mass is 10.3. The molecule has 2 aliphatic rings. The minimum Gasteiger partial charge on any atom is -0.453 e. The van der Waals surface area contributed by atoms with Gasteiger partial charge in [0.2, 0.25) is 12.0 Å². The Hall–Kier alpha value is -1.69. The van der Waals surface area contributed by atoms with Crippen molar-refractivity contribution in [3.63, 3.8) is 0 Å². The van der Waals surface area contributed by atoms with Gasteiger partial charge in [0.15, 0.2) is 11.5 Å². The van der Waals surface area contributed by atoms with Crippen LogP contribution in [0.3, 0.4) is 0 Å². The van der Waals surface area contributed by atoms with Crippen LogP contribution < -0.4 is 11.5 Å². The maximum absolute atomic E-state index is 10.8. The average Bonchev–Trinajstić information content (AvgIpc) is 2.43. The Labute approximate surface area is 67.0 Å². The van der Waals surface area contributed by atoms with Crippen LogP contribution in [-0.2, 0) is 14.3 Å². The zero-order valence-corrected chi connectivity index (χ0v) is 5.90. The van der Waals surface area contributed by atoms with Crippen LogP contribution in [0.2, 0.25) is 0 Å². The maximum Gasteiger partial charge on any atom is 0.363 e. The van der Waals surface area contributed by atoms with Gasteiger partial charge in [-0.05, 0) is 0 Å². The highest BCUT2D eigenvalue weighted by Crippen LogP contribution is 2.33. The predicted octanol–water partition coefficient (Wildman–Crippen LogP) is -1.77. The van der Waals surface area contributed by atoms with Gasteiger partial charge in [-0.15, -0.1) is 0 Å². The first kappa shape index (κ1) is 6.99. The Morgan fingerprint density at radius 1 is 1.33 bits per heavy atom. The molecule has 0 amide bonds. The third-order valence-corrected chi connectivity index (χ3v) is 1.62. The first-order chi connectivity index (χ1) is 5.61. The van der Waals surface area contributed by atoms with Crippen molar-refractivity contribution in [1.29, 1.82) is 0 Å². The summed E-state index contributed by atoms with van der Waals surface area (Å²) in [6.45, 7) is 0. The van der Waals surface area contributed by atoms with Gasteiger partial charge in [-0.3, -0.25) is 0 Å². The van der Waals surface area contributed by atoms with Gasteiger partial charge in [-0.2, -0.15) is 0 Å². The number of aliphatic hydroxyl groups is 1. The van der Waals surface area contributed by atoms with Crippen LogP contribution in [0.15, 0.2) is 22.9 Å². The summed E-state index contributed by atoms with van der Waals surface area (Å²) in [7, 11) is 0. The molecule has 0 spiro atoms. The number of nitrogens with two attached hydrogens (primary N) is 2. The van der Waals surface area contributed by atoms with Crippen LogP contribution in [-0.4, -0.2) is 17.4 Å². The third kappa shape index (κ3) is 0.641. The molecule has 6 nitrogen and oxygen atoms in total. The molecule has 64 valence electrons. The lowest BCUT2D eigenvalue weighted by Crippen LogP contribution is -2.18. The van der Waals surface area contributed by atoms with Crippen LogP contribution >= 0.6 is 0 Å². The normalized spacial score (nSPS) is 27.4. The van der Waals surface area contributed by atoms with E-state index in [9.17, 15) is 4.79 Å². The number of hydrogen-bond donors (Lipinski definition) is 3. The SMILES string of the molecule is NC1=C2OC(O)C(N)=C2OC1=O. The topological polar surface area (TPSA) is 108 Å². The van der Waals surface area contributed by atoms with E-state index in [1.807, 2.05) is 0 Å². The Morgan fingerprint density at radius 3 is 2.58 bits per heavy atom. The smallest absolute Gasteiger partial charge is 0.363 e. The van der Waals surface area contributed by atoms with Crippen LogP contribution in [0, 0.1) is 0 Å². The molecule has 0 saturated heterocycles. The molecule has 2 heterocycles. The summed E-state index contributed by atoms with van der Waals surface area (Å²) in [5, 5.41) is 9.02. The fraction of sp³-hybridized carbons (Fsp3) is 0.167. The summed E-state index contributed by atoms with van der Waals surface area (Å²) < 4.78 is 9.36. The molecule has 5 N–H and O–H groups in total. The molecule has 12 heavy (non-hydrogen) atoms. The molecule has 0 aromatic heterocycles. The summed E-state index contributed by atoms with van der Waals surface area (Å²) in [6.07, 6.45) is -1.26. The number of carbonyl (C=O) groups excluding carboxylic acids is 1. The number of fused-ring (bicyclic) bond motifs is 1. The van der Waals surface area contributed by atoms with E-state index < -0.39 is 12.3 Å². The molecule has 1 atom stereocenters. The van der Waals surface area contributed by atoms with E-state index in [4.69, 9.17) is 21.3 Å². The lowest BCUT2D eigenvalue weighted by molar-refractivity contribution is -0.133. The maximum atomic E-state index is 10.8. The fourth-order valence-electron chi connectivity index (χ4n) is 1.00. The number of rotatable bonds is 0. The molecule has 0 aromatic carbocycles. The van der Waals surface area contributed by atoms with Gasteiger partial charge in [0, 0.05) is 0 Å². The van der Waals surface area contributed by atoms with Crippen molar-refractivity contribution in [3.05, 3.63) is 22.9 Å². The van der Waals surface area contributed by atoms with Gasteiger partial charge in [0.05, 0.1) is 0 Å². The van der Waals surface area contributed by atoms with Gasteiger partial charge in [0.25, 0.3) is 0 Å². The first-order valence-electron chi connectivity index (χ1n) is 3.18. The van der Waals surface area contributed by atoms with Crippen molar-refractivity contribution < 1.29 is 19.4 Å². The largest absolute Gasteiger partial charge is 0.453 e. The summed E-state index contributed by atoms with van der Waals surface area (Å²) in [6, 6.07) is 0. The van der Waals surface area contributed by atoms with Gasteiger partial charge in [-0.1, -0.05) is 0 Å². The number of aliphatic hydroxyl groups excluding tert-OH is 1. The van der Waals surface area contributed by atoms with Gasteiger partial charge >= 0.3 is 5.97 Å². The molecular weight excluding hydrogens is 164 g/mol. The molecular formula is C6H6N2O4. The van der Waals surface area contributed by atoms with E-state index in [1.54, 1.807) is 0 Å². The zero-order valence-electron chi connectivity index (χ0n) is 5.90. The highest BCUT2D eigenvalue weighted by Gasteiger charge is 2.40. The molecule has 0 fully saturated rings. The standard InChI is InChI=1S/C6H6N2O4/c7-1-3-4(12-5(1)9)2(8)6(10)11-3/h5,9H,7-8H2. The fourth-order valence-corrected chi connectivity index (χ4v) is 1.00. The van der Waals surface area contributed by atoms with Gasteiger partial charge in [-0.25, -0.2) is 4.79 Å². The Morgan fingerprint density at radius 2 is 2.00 bits per heavy atom. The number of esters is 1. The summed E-state index contributed by atoms with van der Waals surface area (Å²) >= 11 is 0. The molecule has 6 heteroatoms. The molecule has 2 aliphatic heterocycles. The summed E-state index contributed by atoms with van der Waals surface area (Å²) in [5.74, 6) is -0.634. The second-order valence-corrected chi connectivity index (χ2v) is 2.39. The minimum atomic E-state index is -1.26.